The Kier molecular flexibility index (Phi) is 13.2. The third kappa shape index (κ3) is 10.8. The maximum atomic E-state index is 5.05. The molecule has 0 aliphatic heterocycles. The van der Waals surface area contributed by atoms with Gasteiger partial charge in [-0.25, -0.2) is 0 Å². The number of benzene rings is 1. The average Bonchev–Trinajstić information content (AvgIpc) is 2.31. The maximum absolute atomic E-state index is 5.05. The van der Waals surface area contributed by atoms with Crippen LogP contribution in [0.3, 0.4) is 0 Å². The van der Waals surface area contributed by atoms with E-state index in [4.69, 9.17) is 4.74 Å². The Bertz CT molecular complexity index is 277. The molecule has 0 aliphatic rings. The van der Waals surface area contributed by atoms with Gasteiger partial charge >= 0.3 is 0 Å². The second-order valence-electron chi connectivity index (χ2n) is 3.74. The molecule has 0 amide bonds. The van der Waals surface area contributed by atoms with Gasteiger partial charge in [0.1, 0.15) is 5.75 Å². The van der Waals surface area contributed by atoms with Gasteiger partial charge in [-0.15, -0.1) is 13.2 Å². The van der Waals surface area contributed by atoms with Crippen LogP contribution in [0.25, 0.3) is 0 Å². The lowest BCUT2D eigenvalue weighted by molar-refractivity contribution is 0.414. The molecule has 0 spiro atoms. The fourth-order valence-electron chi connectivity index (χ4n) is 0.989. The van der Waals surface area contributed by atoms with Crippen LogP contribution in [0.5, 0.6) is 5.75 Å². The van der Waals surface area contributed by atoms with Gasteiger partial charge in [-0.2, -0.15) is 0 Å². The predicted molar refractivity (Wildman–Crippen MR) is 78.8 cm³/mol. The largest absolute Gasteiger partial charge is 0.497 e. The zero-order valence-corrected chi connectivity index (χ0v) is 11.9. The zero-order valence-electron chi connectivity index (χ0n) is 11.9. The van der Waals surface area contributed by atoms with Gasteiger partial charge in [0, 0.05) is 0 Å². The minimum atomic E-state index is 0.598. The second-order valence-corrected chi connectivity index (χ2v) is 3.74. The highest BCUT2D eigenvalue weighted by Crippen LogP contribution is 2.17. The van der Waals surface area contributed by atoms with Crippen molar-refractivity contribution in [1.82, 2.24) is 0 Å². The molecule has 1 aromatic carbocycles. The van der Waals surface area contributed by atoms with Gasteiger partial charge in [-0.3, -0.25) is 0 Å². The van der Waals surface area contributed by atoms with Crippen molar-refractivity contribution >= 4 is 0 Å². The Balaban J connectivity index is 0. The first kappa shape index (κ1) is 17.9. The molecule has 0 fully saturated rings. The average molecular weight is 234 g/mol. The van der Waals surface area contributed by atoms with E-state index in [1.165, 1.54) is 5.56 Å². The van der Waals surface area contributed by atoms with Gasteiger partial charge in [-0.1, -0.05) is 38.1 Å². The van der Waals surface area contributed by atoms with E-state index in [2.05, 4.69) is 39.1 Å². The van der Waals surface area contributed by atoms with Crippen LogP contribution in [0.1, 0.15) is 39.2 Å². The van der Waals surface area contributed by atoms with Crippen molar-refractivity contribution in [3.63, 3.8) is 0 Å². The molecule has 1 heteroatoms. The molecule has 1 aromatic rings. The van der Waals surface area contributed by atoms with E-state index in [-0.39, 0.29) is 0 Å². The summed E-state index contributed by atoms with van der Waals surface area (Å²) in [4.78, 5) is 0. The molecule has 0 heterocycles. The van der Waals surface area contributed by atoms with E-state index < -0.39 is 0 Å². The Labute approximate surface area is 107 Å². The second kappa shape index (κ2) is 12.6. The van der Waals surface area contributed by atoms with Gasteiger partial charge < -0.3 is 4.74 Å². The first-order chi connectivity index (χ1) is 8.06. The highest BCUT2D eigenvalue weighted by atomic mass is 16.5. The number of rotatable bonds is 2. The summed E-state index contributed by atoms with van der Waals surface area (Å²) >= 11 is 0. The predicted octanol–water partition coefficient (Wildman–Crippen LogP) is 5.20. The molecular formula is C16H26O. The van der Waals surface area contributed by atoms with Crippen LogP contribution in [-0.2, 0) is 0 Å². The molecule has 0 saturated heterocycles. The lowest BCUT2D eigenvalue weighted by atomic mass is 10.0. The number of ether oxygens (including phenoxy) is 1. The van der Waals surface area contributed by atoms with Gasteiger partial charge in [0.2, 0.25) is 0 Å². The molecule has 0 aromatic heterocycles. The van der Waals surface area contributed by atoms with Crippen LogP contribution in [0.15, 0.2) is 49.6 Å². The Hall–Kier alpha value is -1.50. The van der Waals surface area contributed by atoms with E-state index in [0.29, 0.717) is 5.92 Å². The number of hydrogen-bond donors (Lipinski definition) is 0. The zero-order chi connectivity index (χ0) is 13.7. The molecule has 1 rings (SSSR count). The fourth-order valence-corrected chi connectivity index (χ4v) is 0.989. The Morgan fingerprint density at radius 2 is 1.35 bits per heavy atom. The normalized spacial score (nSPS) is 8.12. The van der Waals surface area contributed by atoms with Crippen molar-refractivity contribution in [2.75, 3.05) is 7.11 Å². The van der Waals surface area contributed by atoms with E-state index in [1.54, 1.807) is 19.3 Å². The van der Waals surface area contributed by atoms with Gasteiger partial charge in [0.05, 0.1) is 7.11 Å². The Morgan fingerprint density at radius 3 is 1.59 bits per heavy atom. The summed E-state index contributed by atoms with van der Waals surface area (Å²) in [6.45, 7) is 14.9. The van der Waals surface area contributed by atoms with E-state index >= 15 is 0 Å². The molecule has 0 saturated carbocycles. The topological polar surface area (TPSA) is 9.23 Å². The van der Waals surface area contributed by atoms with Crippen LogP contribution < -0.4 is 4.74 Å². The molecule has 0 bridgehead atoms. The Morgan fingerprint density at radius 1 is 1.00 bits per heavy atom. The highest BCUT2D eigenvalue weighted by molar-refractivity contribution is 5.28. The smallest absolute Gasteiger partial charge is 0.118 e. The van der Waals surface area contributed by atoms with E-state index in [9.17, 15) is 0 Å². The molecule has 0 radical (unpaired) electrons. The van der Waals surface area contributed by atoms with E-state index in [0.717, 1.165) is 5.75 Å². The fraction of sp³-hybridized carbons (Fsp3) is 0.375. The van der Waals surface area contributed by atoms with Crippen molar-refractivity contribution in [3.8, 4) is 5.75 Å². The number of hydrogen-bond acceptors (Lipinski definition) is 1. The SMILES string of the molecule is C=CC.C=CC.COc1ccc(C(C)C)cc1. The molecule has 0 aliphatic carbocycles. The van der Waals surface area contributed by atoms with Gasteiger partial charge in [-0.05, 0) is 37.5 Å². The number of allylic oxidation sites excluding steroid dienone is 2. The highest BCUT2D eigenvalue weighted by Gasteiger charge is 1.97. The van der Waals surface area contributed by atoms with Crippen molar-refractivity contribution in [2.24, 2.45) is 0 Å². The summed E-state index contributed by atoms with van der Waals surface area (Å²) in [6.07, 6.45) is 3.50. The molecule has 17 heavy (non-hydrogen) atoms. The molecule has 0 atom stereocenters. The lowest BCUT2D eigenvalue weighted by Crippen LogP contribution is -1.87. The summed E-state index contributed by atoms with van der Waals surface area (Å²) in [5, 5.41) is 0. The minimum Gasteiger partial charge on any atom is -0.497 e. The van der Waals surface area contributed by atoms with Crippen molar-refractivity contribution in [3.05, 3.63) is 55.1 Å². The van der Waals surface area contributed by atoms with Gasteiger partial charge in [0.25, 0.3) is 0 Å². The van der Waals surface area contributed by atoms with Crippen LogP contribution >= 0.6 is 0 Å². The minimum absolute atomic E-state index is 0.598. The van der Waals surface area contributed by atoms with Crippen LogP contribution in [0, 0.1) is 0 Å². The summed E-state index contributed by atoms with van der Waals surface area (Å²) in [5.74, 6) is 1.52. The van der Waals surface area contributed by atoms with Crippen molar-refractivity contribution < 1.29 is 4.74 Å². The molecular weight excluding hydrogens is 208 g/mol. The maximum Gasteiger partial charge on any atom is 0.118 e. The summed E-state index contributed by atoms with van der Waals surface area (Å²) in [5.41, 5.74) is 1.35. The monoisotopic (exact) mass is 234 g/mol. The third-order valence-electron chi connectivity index (χ3n) is 1.78. The third-order valence-corrected chi connectivity index (χ3v) is 1.78. The molecule has 96 valence electrons. The quantitative estimate of drug-likeness (QED) is 0.639. The molecule has 1 nitrogen and oxygen atoms in total. The van der Waals surface area contributed by atoms with Crippen LogP contribution in [-0.4, -0.2) is 7.11 Å². The van der Waals surface area contributed by atoms with Crippen LogP contribution in [0.4, 0.5) is 0 Å². The van der Waals surface area contributed by atoms with Crippen molar-refractivity contribution in [2.45, 2.75) is 33.6 Å². The number of methoxy groups -OCH3 is 1. The lowest BCUT2D eigenvalue weighted by Gasteiger charge is -2.05. The van der Waals surface area contributed by atoms with E-state index in [1.807, 2.05) is 26.0 Å². The van der Waals surface area contributed by atoms with Gasteiger partial charge in [0.15, 0.2) is 0 Å². The summed E-state index contributed by atoms with van der Waals surface area (Å²) in [6, 6.07) is 8.19. The van der Waals surface area contributed by atoms with Crippen molar-refractivity contribution in [1.29, 1.82) is 0 Å². The standard InChI is InChI=1S/C10H14O.2C3H6/c1-8(2)9-4-6-10(11-3)7-5-9;2*1-3-2/h4-8H,1-3H3;2*3H,1H2,2H3. The molecule has 0 unspecified atom stereocenters. The molecule has 0 N–H and O–H groups in total. The summed E-state index contributed by atoms with van der Waals surface area (Å²) in [7, 11) is 1.68. The first-order valence-corrected chi connectivity index (χ1v) is 5.85. The summed E-state index contributed by atoms with van der Waals surface area (Å²) < 4.78 is 5.05. The first-order valence-electron chi connectivity index (χ1n) is 5.85. The van der Waals surface area contributed by atoms with Crippen LogP contribution in [0.2, 0.25) is 0 Å².